The number of aromatic nitrogens is 1. The number of sulfonamides is 1. The first-order valence-corrected chi connectivity index (χ1v) is 11.6. The van der Waals surface area contributed by atoms with Crippen LogP contribution >= 0.6 is 12.4 Å². The number of alkyl carbamates (subject to hydrolysis) is 1. The normalized spacial score (nSPS) is 10.9. The van der Waals surface area contributed by atoms with Gasteiger partial charge in [0, 0.05) is 28.7 Å². The molecule has 0 aliphatic rings. The Labute approximate surface area is 197 Å². The molecule has 1 amide bonds. The van der Waals surface area contributed by atoms with Gasteiger partial charge < -0.3 is 15.4 Å². The number of anilines is 3. The van der Waals surface area contributed by atoms with Crippen molar-refractivity contribution in [3.63, 3.8) is 0 Å². The summed E-state index contributed by atoms with van der Waals surface area (Å²) in [5.74, 6) is -0.267. The lowest BCUT2D eigenvalue weighted by molar-refractivity contribution is 0.172. The first-order valence-electron chi connectivity index (χ1n) is 9.92. The van der Waals surface area contributed by atoms with Crippen molar-refractivity contribution in [3.8, 4) is 0 Å². The molecule has 0 aliphatic carbocycles. The Kier molecular flexibility index (Phi) is 7.57. The fourth-order valence-electron chi connectivity index (χ4n) is 3.33. The Morgan fingerprint density at radius 3 is 2.00 bits per heavy atom. The molecular weight excluding hydrogens is 464 g/mol. The molecule has 0 radical (unpaired) electrons. The first kappa shape index (κ1) is 24.1. The van der Waals surface area contributed by atoms with Crippen LogP contribution in [0.15, 0.2) is 72.8 Å². The van der Waals surface area contributed by atoms with E-state index in [-0.39, 0.29) is 24.7 Å². The summed E-state index contributed by atoms with van der Waals surface area (Å²) in [4.78, 5) is 15.8. The van der Waals surface area contributed by atoms with Gasteiger partial charge in [-0.1, -0.05) is 36.4 Å². The van der Waals surface area contributed by atoms with Crippen LogP contribution < -0.4 is 15.4 Å². The molecule has 0 atom stereocenters. The van der Waals surface area contributed by atoms with E-state index in [1.807, 2.05) is 48.5 Å². The van der Waals surface area contributed by atoms with Crippen molar-refractivity contribution in [3.05, 3.63) is 72.8 Å². The van der Waals surface area contributed by atoms with Crippen molar-refractivity contribution in [2.24, 2.45) is 0 Å². The largest absolute Gasteiger partial charge is 0.453 e. The highest BCUT2D eigenvalue weighted by Crippen LogP contribution is 2.33. The van der Waals surface area contributed by atoms with E-state index in [1.54, 1.807) is 24.3 Å². The van der Waals surface area contributed by atoms with Gasteiger partial charge in [-0.3, -0.25) is 4.72 Å². The number of hydrogen-bond donors (Lipinski definition) is 3. The van der Waals surface area contributed by atoms with E-state index >= 15 is 0 Å². The molecule has 33 heavy (non-hydrogen) atoms. The maximum Gasteiger partial charge on any atom is 0.406 e. The molecule has 0 saturated heterocycles. The van der Waals surface area contributed by atoms with Crippen LogP contribution in [-0.2, 0) is 14.8 Å². The van der Waals surface area contributed by atoms with Crippen LogP contribution in [0.3, 0.4) is 0 Å². The molecule has 172 valence electrons. The number of pyridine rings is 1. The molecular formula is C23H23ClN4O4S. The predicted molar refractivity (Wildman–Crippen MR) is 134 cm³/mol. The van der Waals surface area contributed by atoms with Gasteiger partial charge in [-0.15, -0.1) is 12.4 Å². The minimum absolute atomic E-state index is 0. The third-order valence-electron chi connectivity index (χ3n) is 4.84. The van der Waals surface area contributed by atoms with Crippen molar-refractivity contribution < 1.29 is 17.9 Å². The van der Waals surface area contributed by atoms with Crippen molar-refractivity contribution in [2.75, 3.05) is 29.4 Å². The molecule has 1 aromatic heterocycles. The van der Waals surface area contributed by atoms with Gasteiger partial charge in [-0.25, -0.2) is 18.2 Å². The van der Waals surface area contributed by atoms with Crippen LogP contribution in [0.1, 0.15) is 0 Å². The average molecular weight is 487 g/mol. The second-order valence-corrected chi connectivity index (χ2v) is 8.90. The van der Waals surface area contributed by atoms with Crippen molar-refractivity contribution in [1.82, 2.24) is 10.3 Å². The van der Waals surface area contributed by atoms with Crippen LogP contribution in [0.25, 0.3) is 21.8 Å². The number of ether oxygens (including phenoxy) is 1. The number of hydrogen-bond acceptors (Lipinski definition) is 6. The highest BCUT2D eigenvalue weighted by molar-refractivity contribution is 7.92. The molecule has 10 heteroatoms. The summed E-state index contributed by atoms with van der Waals surface area (Å²) in [6.07, 6.45) is -0.674. The van der Waals surface area contributed by atoms with E-state index in [2.05, 4.69) is 20.1 Å². The number of carbonyl (C=O) groups excluding carboxylic acids is 1. The number of rotatable bonds is 7. The van der Waals surface area contributed by atoms with Crippen molar-refractivity contribution in [2.45, 2.75) is 0 Å². The fourth-order valence-corrected chi connectivity index (χ4v) is 4.30. The summed E-state index contributed by atoms with van der Waals surface area (Å²) in [5.41, 5.74) is 3.95. The second kappa shape index (κ2) is 10.4. The van der Waals surface area contributed by atoms with Crippen LogP contribution in [0.2, 0.25) is 0 Å². The number of nitrogens with zero attached hydrogens (tertiary/aromatic N) is 1. The lowest BCUT2D eigenvalue weighted by Crippen LogP contribution is -2.31. The maximum absolute atomic E-state index is 12.2. The van der Waals surface area contributed by atoms with E-state index in [0.29, 0.717) is 5.69 Å². The van der Waals surface area contributed by atoms with E-state index < -0.39 is 16.1 Å². The summed E-state index contributed by atoms with van der Waals surface area (Å²) in [5, 5.41) is 7.79. The predicted octanol–water partition coefficient (Wildman–Crippen LogP) is 4.65. The molecule has 0 fully saturated rings. The summed E-state index contributed by atoms with van der Waals surface area (Å²) in [6, 6.07) is 22.8. The van der Waals surface area contributed by atoms with Crippen LogP contribution in [0.4, 0.5) is 21.9 Å². The first-order chi connectivity index (χ1) is 15.4. The van der Waals surface area contributed by atoms with Crippen molar-refractivity contribution in [1.29, 1.82) is 0 Å². The molecule has 3 N–H and O–H groups in total. The van der Waals surface area contributed by atoms with Crippen LogP contribution in [-0.4, -0.2) is 38.9 Å². The second-order valence-electron chi connectivity index (χ2n) is 7.06. The molecule has 8 nitrogen and oxygen atoms in total. The zero-order valence-corrected chi connectivity index (χ0v) is 19.4. The van der Waals surface area contributed by atoms with E-state index in [0.717, 1.165) is 33.2 Å². The van der Waals surface area contributed by atoms with Gasteiger partial charge in [0.2, 0.25) is 10.0 Å². The Morgan fingerprint density at radius 1 is 0.879 bits per heavy atom. The standard InChI is InChI=1S/C23H22N4O4S.ClH/c1-31-23(28)24-14-15-32(29,30)27-17-12-10-16(11-13-17)25-22-18-6-2-4-8-20(18)26-21-9-5-3-7-19(21)22;/h2-13,27H,14-15H2,1H3,(H,24,28)(H,25,26);1H. The minimum Gasteiger partial charge on any atom is -0.453 e. The number of benzene rings is 3. The van der Waals surface area contributed by atoms with Crippen LogP contribution in [0, 0.1) is 0 Å². The lowest BCUT2D eigenvalue weighted by Gasteiger charge is -2.14. The van der Waals surface area contributed by atoms with E-state index in [1.165, 1.54) is 7.11 Å². The number of amides is 1. The van der Waals surface area contributed by atoms with E-state index in [4.69, 9.17) is 4.98 Å². The summed E-state index contributed by atoms with van der Waals surface area (Å²) in [7, 11) is -2.40. The molecule has 1 heterocycles. The molecule has 0 unspecified atom stereocenters. The molecule has 0 spiro atoms. The number of methoxy groups -OCH3 is 1. The number of fused-ring (bicyclic) bond motifs is 2. The minimum atomic E-state index is -3.62. The summed E-state index contributed by atoms with van der Waals surface area (Å²) >= 11 is 0. The number of halogens is 1. The van der Waals surface area contributed by atoms with Gasteiger partial charge in [0.1, 0.15) is 0 Å². The monoisotopic (exact) mass is 486 g/mol. The molecule has 0 bridgehead atoms. The van der Waals surface area contributed by atoms with Gasteiger partial charge in [-0.05, 0) is 36.4 Å². The molecule has 0 aliphatic heterocycles. The molecule has 0 saturated carbocycles. The smallest absolute Gasteiger partial charge is 0.406 e. The molecule has 4 rings (SSSR count). The van der Waals surface area contributed by atoms with Crippen LogP contribution in [0.5, 0.6) is 0 Å². The Hall–Kier alpha value is -3.56. The van der Waals surface area contributed by atoms with Gasteiger partial charge in [0.15, 0.2) is 0 Å². The Bertz CT molecular complexity index is 1320. The highest BCUT2D eigenvalue weighted by atomic mass is 35.5. The van der Waals surface area contributed by atoms with Crippen molar-refractivity contribution >= 4 is 67.4 Å². The SMILES string of the molecule is COC(=O)NCCS(=O)(=O)Nc1ccc(Nc2c3ccccc3nc3ccccc23)cc1.Cl. The third kappa shape index (κ3) is 5.82. The number of para-hydroxylation sites is 2. The van der Waals surface area contributed by atoms with Gasteiger partial charge in [0.25, 0.3) is 0 Å². The van der Waals surface area contributed by atoms with E-state index in [9.17, 15) is 13.2 Å². The zero-order chi connectivity index (χ0) is 22.6. The summed E-state index contributed by atoms with van der Waals surface area (Å²) in [6.45, 7) is -0.0517. The average Bonchev–Trinajstić information content (AvgIpc) is 2.79. The topological polar surface area (TPSA) is 109 Å². The molecule has 3 aromatic carbocycles. The fraction of sp³-hybridized carbons (Fsp3) is 0.130. The quantitative estimate of drug-likeness (QED) is 0.328. The van der Waals surface area contributed by atoms with Gasteiger partial charge >= 0.3 is 6.09 Å². The Morgan fingerprint density at radius 2 is 1.42 bits per heavy atom. The maximum atomic E-state index is 12.2. The van der Waals surface area contributed by atoms with Gasteiger partial charge in [-0.2, -0.15) is 0 Å². The zero-order valence-electron chi connectivity index (χ0n) is 17.7. The Balaban J connectivity index is 0.00000306. The number of nitrogens with one attached hydrogen (secondary N) is 3. The van der Waals surface area contributed by atoms with Gasteiger partial charge in [0.05, 0.1) is 29.6 Å². The lowest BCUT2D eigenvalue weighted by atomic mass is 10.1. The number of carbonyl (C=O) groups is 1. The summed E-state index contributed by atoms with van der Waals surface area (Å²) < 4.78 is 31.4. The highest BCUT2D eigenvalue weighted by Gasteiger charge is 2.12. The molecule has 4 aromatic rings. The third-order valence-corrected chi connectivity index (χ3v) is 6.13.